The number of hydrogen-bond donors (Lipinski definition) is 1. The summed E-state index contributed by atoms with van der Waals surface area (Å²) in [5.74, 6) is 1.16. The minimum absolute atomic E-state index is 0.0315. The second-order valence-electron chi connectivity index (χ2n) is 4.14. The van der Waals surface area contributed by atoms with Crippen LogP contribution in [0.5, 0.6) is 0 Å². The van der Waals surface area contributed by atoms with Gasteiger partial charge >= 0.3 is 0 Å². The Kier molecular flexibility index (Phi) is 6.60. The number of hydrogen-bond acceptors (Lipinski definition) is 1. The summed E-state index contributed by atoms with van der Waals surface area (Å²) in [5, 5.41) is 2.91. The molecule has 4 heteroatoms. The fraction of sp³-hybridized carbons (Fsp3) is 0.462. The van der Waals surface area contributed by atoms with Gasteiger partial charge in [0.25, 0.3) is 5.91 Å². The van der Waals surface area contributed by atoms with Crippen LogP contribution >= 0.6 is 27.5 Å². The summed E-state index contributed by atoms with van der Waals surface area (Å²) in [6, 6.07) is 7.42. The third-order valence-electron chi connectivity index (χ3n) is 2.54. The highest BCUT2D eigenvalue weighted by molar-refractivity contribution is 9.10. The summed E-state index contributed by atoms with van der Waals surface area (Å²) in [6.45, 7) is 2.81. The largest absolute Gasteiger partial charge is 0.352 e. The molecule has 0 heterocycles. The van der Waals surface area contributed by atoms with Gasteiger partial charge in [-0.05, 0) is 46.8 Å². The average Bonchev–Trinajstić information content (AvgIpc) is 2.34. The molecule has 0 saturated carbocycles. The first-order valence-electron chi connectivity index (χ1n) is 5.74. The summed E-state index contributed by atoms with van der Waals surface area (Å²) < 4.78 is 0.826. The van der Waals surface area contributed by atoms with Crippen LogP contribution < -0.4 is 5.32 Å². The summed E-state index contributed by atoms with van der Waals surface area (Å²) in [7, 11) is 0. The van der Waals surface area contributed by atoms with Crippen LogP contribution in [0, 0.1) is 5.92 Å². The first kappa shape index (κ1) is 14.5. The van der Waals surface area contributed by atoms with Gasteiger partial charge in [0.2, 0.25) is 0 Å². The van der Waals surface area contributed by atoms with E-state index in [9.17, 15) is 4.79 Å². The van der Waals surface area contributed by atoms with E-state index in [1.165, 1.54) is 0 Å². The summed E-state index contributed by atoms with van der Waals surface area (Å²) >= 11 is 9.08. The van der Waals surface area contributed by atoms with Crippen molar-refractivity contribution in [3.8, 4) is 0 Å². The molecule has 1 atom stereocenters. The van der Waals surface area contributed by atoms with Crippen LogP contribution in [0.4, 0.5) is 0 Å². The minimum atomic E-state index is -0.0315. The molecular weight excluding hydrogens is 302 g/mol. The predicted molar refractivity (Wildman–Crippen MR) is 75.6 cm³/mol. The summed E-state index contributed by atoms with van der Waals surface area (Å²) in [6.07, 6.45) is 2.00. The first-order chi connectivity index (χ1) is 8.15. The highest BCUT2D eigenvalue weighted by atomic mass is 79.9. The molecule has 1 rings (SSSR count). The van der Waals surface area contributed by atoms with Gasteiger partial charge in [-0.1, -0.05) is 19.1 Å². The van der Waals surface area contributed by atoms with Crippen LogP contribution in [0.15, 0.2) is 28.7 Å². The number of nitrogens with one attached hydrogen (secondary N) is 1. The van der Waals surface area contributed by atoms with Crippen LogP contribution in [0.3, 0.4) is 0 Å². The van der Waals surface area contributed by atoms with Gasteiger partial charge in [0.1, 0.15) is 0 Å². The average molecular weight is 319 g/mol. The molecule has 17 heavy (non-hydrogen) atoms. The van der Waals surface area contributed by atoms with Crippen LogP contribution in [0.1, 0.15) is 30.1 Å². The highest BCUT2D eigenvalue weighted by Crippen LogP contribution is 2.15. The topological polar surface area (TPSA) is 29.1 Å². The Hall–Kier alpha value is -0.540. The molecule has 1 aromatic rings. The molecule has 0 saturated heterocycles. The zero-order chi connectivity index (χ0) is 12.7. The fourth-order valence-corrected chi connectivity index (χ4v) is 2.09. The van der Waals surface area contributed by atoms with E-state index in [4.69, 9.17) is 11.6 Å². The molecule has 1 aromatic carbocycles. The number of benzene rings is 1. The molecule has 0 aliphatic carbocycles. The minimum Gasteiger partial charge on any atom is -0.352 e. The van der Waals surface area contributed by atoms with Gasteiger partial charge in [-0.15, -0.1) is 11.6 Å². The monoisotopic (exact) mass is 317 g/mol. The third-order valence-corrected chi connectivity index (χ3v) is 3.76. The van der Waals surface area contributed by atoms with Gasteiger partial charge in [-0.25, -0.2) is 0 Å². The molecule has 0 aromatic heterocycles. The van der Waals surface area contributed by atoms with Crippen molar-refractivity contribution < 1.29 is 4.79 Å². The van der Waals surface area contributed by atoms with Crippen LogP contribution in [0.2, 0.25) is 0 Å². The predicted octanol–water partition coefficient (Wildman–Crippen LogP) is 3.83. The van der Waals surface area contributed by atoms with Crippen molar-refractivity contribution in [2.75, 3.05) is 12.4 Å². The van der Waals surface area contributed by atoms with Crippen LogP contribution in [0.25, 0.3) is 0 Å². The molecule has 0 fully saturated rings. The Balaban J connectivity index is 2.33. The molecular formula is C13H17BrClNO. The zero-order valence-electron chi connectivity index (χ0n) is 9.88. The standard InChI is InChI=1S/C13H17BrClNO/c1-10(9-15)5-4-8-16-13(17)11-6-2-3-7-12(11)14/h2-3,6-7,10H,4-5,8-9H2,1H3,(H,16,17). The van der Waals surface area contributed by atoms with Crippen molar-refractivity contribution in [1.29, 1.82) is 0 Å². The molecule has 2 nitrogen and oxygen atoms in total. The van der Waals surface area contributed by atoms with E-state index in [1.807, 2.05) is 18.2 Å². The lowest BCUT2D eigenvalue weighted by molar-refractivity contribution is 0.0952. The molecule has 94 valence electrons. The lowest BCUT2D eigenvalue weighted by Crippen LogP contribution is -2.25. The lowest BCUT2D eigenvalue weighted by atomic mass is 10.1. The molecule has 0 bridgehead atoms. The summed E-state index contributed by atoms with van der Waals surface area (Å²) in [4.78, 5) is 11.8. The normalized spacial score (nSPS) is 12.2. The van der Waals surface area contributed by atoms with Crippen molar-refractivity contribution in [2.45, 2.75) is 19.8 Å². The Labute approximate surface area is 116 Å². The number of halogens is 2. The van der Waals surface area contributed by atoms with Gasteiger partial charge < -0.3 is 5.32 Å². The number of rotatable bonds is 6. The van der Waals surface area contributed by atoms with E-state index in [0.717, 1.165) is 17.3 Å². The summed E-state index contributed by atoms with van der Waals surface area (Å²) in [5.41, 5.74) is 0.679. The van der Waals surface area contributed by atoms with Crippen molar-refractivity contribution >= 4 is 33.4 Å². The zero-order valence-corrected chi connectivity index (χ0v) is 12.2. The molecule has 1 amide bonds. The van der Waals surface area contributed by atoms with E-state index in [2.05, 4.69) is 28.2 Å². The van der Waals surface area contributed by atoms with Gasteiger partial charge in [0, 0.05) is 16.9 Å². The molecule has 0 aliphatic heterocycles. The number of amides is 1. The third kappa shape index (κ3) is 5.09. The lowest BCUT2D eigenvalue weighted by Gasteiger charge is -2.09. The van der Waals surface area contributed by atoms with Gasteiger partial charge in [0.05, 0.1) is 5.56 Å². The second kappa shape index (κ2) is 7.72. The van der Waals surface area contributed by atoms with E-state index in [0.29, 0.717) is 23.9 Å². The maximum atomic E-state index is 11.8. The molecule has 0 spiro atoms. The number of carbonyl (C=O) groups excluding carboxylic acids is 1. The van der Waals surface area contributed by atoms with E-state index >= 15 is 0 Å². The maximum Gasteiger partial charge on any atom is 0.252 e. The van der Waals surface area contributed by atoms with Gasteiger partial charge in [0.15, 0.2) is 0 Å². The Morgan fingerprint density at radius 3 is 2.82 bits per heavy atom. The quantitative estimate of drug-likeness (QED) is 0.627. The van der Waals surface area contributed by atoms with Gasteiger partial charge in [-0.3, -0.25) is 4.79 Å². The smallest absolute Gasteiger partial charge is 0.252 e. The SMILES string of the molecule is CC(CCl)CCCNC(=O)c1ccccc1Br. The van der Waals surface area contributed by atoms with E-state index < -0.39 is 0 Å². The Bertz CT molecular complexity index is 370. The molecule has 1 unspecified atom stereocenters. The van der Waals surface area contributed by atoms with Crippen LogP contribution in [-0.4, -0.2) is 18.3 Å². The molecule has 0 radical (unpaired) electrons. The van der Waals surface area contributed by atoms with Crippen molar-refractivity contribution in [3.05, 3.63) is 34.3 Å². The highest BCUT2D eigenvalue weighted by Gasteiger charge is 2.08. The van der Waals surface area contributed by atoms with Gasteiger partial charge in [-0.2, -0.15) is 0 Å². The van der Waals surface area contributed by atoms with Crippen molar-refractivity contribution in [3.63, 3.8) is 0 Å². The van der Waals surface area contributed by atoms with Crippen LogP contribution in [-0.2, 0) is 0 Å². The number of carbonyl (C=O) groups is 1. The first-order valence-corrected chi connectivity index (χ1v) is 7.06. The Morgan fingerprint density at radius 2 is 2.18 bits per heavy atom. The van der Waals surface area contributed by atoms with Crippen molar-refractivity contribution in [1.82, 2.24) is 5.32 Å². The number of alkyl halides is 1. The second-order valence-corrected chi connectivity index (χ2v) is 5.30. The Morgan fingerprint density at radius 1 is 1.47 bits per heavy atom. The fourth-order valence-electron chi connectivity index (χ4n) is 1.47. The molecule has 0 aliphatic rings. The van der Waals surface area contributed by atoms with Crippen molar-refractivity contribution in [2.24, 2.45) is 5.92 Å². The van der Waals surface area contributed by atoms with E-state index in [-0.39, 0.29) is 5.91 Å². The molecule has 1 N–H and O–H groups in total. The van der Waals surface area contributed by atoms with E-state index in [1.54, 1.807) is 6.07 Å². The maximum absolute atomic E-state index is 11.8.